The molecule has 2 aromatic carbocycles. The standard InChI is InChI=1S/C29H40N2O2/c1-30-19-18-29(24-13-9-14-27(32)20-24)21-26(17-16-25(29)22-30)31(2)28(33)15-8-4-7-12-23-10-5-3-6-11-23/h3,5-6,9-11,13-14,20,25-26,32H,4,7-8,12,15-19,21-22H2,1-2H3/t25-,26-,29+/m1/s1. The SMILES string of the molecule is CN1CC[C@@]2(c3cccc(O)c3)C[C@H](N(C)C(=O)CCCCCc3ccccc3)CC[C@@H]2C1. The van der Waals surface area contributed by atoms with Crippen molar-refractivity contribution in [3.05, 3.63) is 65.7 Å². The van der Waals surface area contributed by atoms with Crippen LogP contribution in [-0.2, 0) is 16.6 Å². The molecule has 3 atom stereocenters. The number of hydrogen-bond acceptors (Lipinski definition) is 3. The van der Waals surface area contributed by atoms with Gasteiger partial charge in [-0.2, -0.15) is 0 Å². The third kappa shape index (κ3) is 5.60. The largest absolute Gasteiger partial charge is 0.508 e. The van der Waals surface area contributed by atoms with Crippen molar-refractivity contribution in [2.24, 2.45) is 5.92 Å². The van der Waals surface area contributed by atoms with Gasteiger partial charge in [0.15, 0.2) is 0 Å². The van der Waals surface area contributed by atoms with Crippen LogP contribution in [0.2, 0.25) is 0 Å². The molecule has 2 fully saturated rings. The van der Waals surface area contributed by atoms with E-state index in [9.17, 15) is 9.90 Å². The van der Waals surface area contributed by atoms with Gasteiger partial charge in [-0.25, -0.2) is 0 Å². The second-order valence-electron chi connectivity index (χ2n) is 10.4. The molecule has 33 heavy (non-hydrogen) atoms. The molecule has 2 aliphatic rings. The van der Waals surface area contributed by atoms with Crippen molar-refractivity contribution in [1.82, 2.24) is 9.80 Å². The third-order valence-corrected chi connectivity index (χ3v) is 8.26. The molecular formula is C29H40N2O2. The molecule has 0 radical (unpaired) electrons. The molecule has 1 aliphatic carbocycles. The number of fused-ring (bicyclic) bond motifs is 1. The lowest BCUT2D eigenvalue weighted by atomic mass is 9.58. The van der Waals surface area contributed by atoms with E-state index in [0.29, 0.717) is 18.1 Å². The number of likely N-dealkylation sites (tertiary alicyclic amines) is 1. The fraction of sp³-hybridized carbons (Fsp3) is 0.552. The first-order chi connectivity index (χ1) is 16.0. The summed E-state index contributed by atoms with van der Waals surface area (Å²) in [5, 5.41) is 10.2. The highest BCUT2D eigenvalue weighted by Crippen LogP contribution is 2.50. The van der Waals surface area contributed by atoms with Crippen molar-refractivity contribution >= 4 is 5.91 Å². The van der Waals surface area contributed by atoms with Gasteiger partial charge < -0.3 is 14.9 Å². The van der Waals surface area contributed by atoms with Crippen LogP contribution in [0.1, 0.15) is 62.5 Å². The molecule has 178 valence electrons. The van der Waals surface area contributed by atoms with Crippen molar-refractivity contribution in [2.75, 3.05) is 27.2 Å². The van der Waals surface area contributed by atoms with Crippen LogP contribution in [0.3, 0.4) is 0 Å². The first-order valence-electron chi connectivity index (χ1n) is 12.8. The highest BCUT2D eigenvalue weighted by molar-refractivity contribution is 5.76. The minimum Gasteiger partial charge on any atom is -0.508 e. The van der Waals surface area contributed by atoms with Crippen LogP contribution in [0, 0.1) is 5.92 Å². The average Bonchev–Trinajstić information content (AvgIpc) is 2.83. The van der Waals surface area contributed by atoms with Crippen LogP contribution >= 0.6 is 0 Å². The molecule has 2 aromatic rings. The number of piperidine rings is 1. The number of hydrogen-bond donors (Lipinski definition) is 1. The Morgan fingerprint density at radius 1 is 1.09 bits per heavy atom. The molecule has 4 nitrogen and oxygen atoms in total. The highest BCUT2D eigenvalue weighted by Gasteiger charge is 2.48. The van der Waals surface area contributed by atoms with Gasteiger partial charge in [0.1, 0.15) is 5.75 Å². The van der Waals surface area contributed by atoms with Gasteiger partial charge in [0.25, 0.3) is 0 Å². The summed E-state index contributed by atoms with van der Waals surface area (Å²) in [6, 6.07) is 18.8. The molecule has 4 rings (SSSR count). The average molecular weight is 449 g/mol. The van der Waals surface area contributed by atoms with Crippen LogP contribution in [0.25, 0.3) is 0 Å². The summed E-state index contributed by atoms with van der Waals surface area (Å²) in [5.74, 6) is 1.22. The lowest BCUT2D eigenvalue weighted by molar-refractivity contribution is -0.133. The topological polar surface area (TPSA) is 43.8 Å². The number of aromatic hydroxyl groups is 1. The Morgan fingerprint density at radius 3 is 2.70 bits per heavy atom. The number of rotatable bonds is 8. The molecule has 0 aromatic heterocycles. The Hall–Kier alpha value is -2.33. The number of carbonyl (C=O) groups excluding carboxylic acids is 1. The Balaban J connectivity index is 1.35. The van der Waals surface area contributed by atoms with E-state index in [4.69, 9.17) is 0 Å². The number of amides is 1. The number of benzene rings is 2. The van der Waals surface area contributed by atoms with Gasteiger partial charge in [0.2, 0.25) is 5.91 Å². The highest BCUT2D eigenvalue weighted by atomic mass is 16.3. The van der Waals surface area contributed by atoms with Crippen LogP contribution in [-0.4, -0.2) is 54.0 Å². The maximum atomic E-state index is 13.1. The summed E-state index contributed by atoms with van der Waals surface area (Å²) in [6.45, 7) is 2.17. The number of nitrogens with zero attached hydrogens (tertiary/aromatic N) is 2. The maximum Gasteiger partial charge on any atom is 0.222 e. The fourth-order valence-corrected chi connectivity index (χ4v) is 6.24. The lowest BCUT2D eigenvalue weighted by Crippen LogP contribution is -2.55. The van der Waals surface area contributed by atoms with Gasteiger partial charge in [-0.1, -0.05) is 48.9 Å². The minimum atomic E-state index is 0.0540. The Bertz CT molecular complexity index is 915. The molecule has 1 N–H and O–H groups in total. The predicted molar refractivity (Wildman–Crippen MR) is 134 cm³/mol. The van der Waals surface area contributed by atoms with Crippen molar-refractivity contribution < 1.29 is 9.90 Å². The van der Waals surface area contributed by atoms with Gasteiger partial charge in [-0.3, -0.25) is 4.79 Å². The van der Waals surface area contributed by atoms with E-state index in [1.165, 1.54) is 11.1 Å². The van der Waals surface area contributed by atoms with Gasteiger partial charge in [0, 0.05) is 31.5 Å². The van der Waals surface area contributed by atoms with Gasteiger partial charge in [-0.05, 0) is 87.7 Å². The van der Waals surface area contributed by atoms with Crippen LogP contribution < -0.4 is 0 Å². The number of unbranched alkanes of at least 4 members (excludes halogenated alkanes) is 2. The first kappa shape index (κ1) is 23.8. The van der Waals surface area contributed by atoms with Crippen molar-refractivity contribution in [2.45, 2.75) is 69.2 Å². The van der Waals surface area contributed by atoms with E-state index in [1.807, 2.05) is 19.2 Å². The number of phenolic OH excluding ortho intramolecular Hbond substituents is 1. The molecule has 0 spiro atoms. The van der Waals surface area contributed by atoms with Crippen molar-refractivity contribution in [3.8, 4) is 5.75 Å². The smallest absolute Gasteiger partial charge is 0.222 e. The van der Waals surface area contributed by atoms with E-state index in [-0.39, 0.29) is 17.4 Å². The molecule has 1 saturated carbocycles. The van der Waals surface area contributed by atoms with E-state index < -0.39 is 0 Å². The van der Waals surface area contributed by atoms with Crippen molar-refractivity contribution in [3.63, 3.8) is 0 Å². The maximum absolute atomic E-state index is 13.1. The second-order valence-corrected chi connectivity index (χ2v) is 10.4. The molecule has 1 saturated heterocycles. The third-order valence-electron chi connectivity index (χ3n) is 8.26. The van der Waals surface area contributed by atoms with Crippen LogP contribution in [0.15, 0.2) is 54.6 Å². The number of aryl methyl sites for hydroxylation is 1. The number of phenols is 1. The molecule has 0 bridgehead atoms. The summed E-state index contributed by atoms with van der Waals surface area (Å²) in [4.78, 5) is 17.6. The molecule has 4 heteroatoms. The van der Waals surface area contributed by atoms with Crippen molar-refractivity contribution in [1.29, 1.82) is 0 Å². The lowest BCUT2D eigenvalue weighted by Gasteiger charge is -2.53. The first-order valence-corrected chi connectivity index (χ1v) is 12.8. The van der Waals surface area contributed by atoms with Gasteiger partial charge >= 0.3 is 0 Å². The number of carbonyl (C=O) groups is 1. The normalized spacial score (nSPS) is 25.4. The van der Waals surface area contributed by atoms with Gasteiger partial charge in [-0.15, -0.1) is 0 Å². The molecule has 1 aliphatic heterocycles. The fourth-order valence-electron chi connectivity index (χ4n) is 6.24. The monoisotopic (exact) mass is 448 g/mol. The van der Waals surface area contributed by atoms with Crippen LogP contribution in [0.4, 0.5) is 0 Å². The summed E-state index contributed by atoms with van der Waals surface area (Å²) < 4.78 is 0. The summed E-state index contributed by atoms with van der Waals surface area (Å²) in [7, 11) is 4.23. The summed E-state index contributed by atoms with van der Waals surface area (Å²) in [5.41, 5.74) is 2.69. The predicted octanol–water partition coefficient (Wildman–Crippen LogP) is 5.40. The second kappa shape index (κ2) is 10.7. The molecule has 1 amide bonds. The quantitative estimate of drug-likeness (QED) is 0.550. The van der Waals surface area contributed by atoms with E-state index in [1.54, 1.807) is 6.07 Å². The zero-order valence-corrected chi connectivity index (χ0v) is 20.4. The summed E-state index contributed by atoms with van der Waals surface area (Å²) >= 11 is 0. The van der Waals surface area contributed by atoms with Crippen LogP contribution in [0.5, 0.6) is 5.75 Å². The molecular weight excluding hydrogens is 408 g/mol. The summed E-state index contributed by atoms with van der Waals surface area (Å²) in [6.07, 6.45) is 9.26. The van der Waals surface area contributed by atoms with Gasteiger partial charge in [0.05, 0.1) is 0 Å². The van der Waals surface area contributed by atoms with E-state index >= 15 is 0 Å². The molecule has 0 unspecified atom stereocenters. The zero-order chi connectivity index (χ0) is 23.3. The van der Waals surface area contributed by atoms with E-state index in [0.717, 1.165) is 64.5 Å². The Morgan fingerprint density at radius 2 is 1.91 bits per heavy atom. The van der Waals surface area contributed by atoms with E-state index in [2.05, 4.69) is 53.2 Å². The zero-order valence-electron chi connectivity index (χ0n) is 20.4. The minimum absolute atomic E-state index is 0.0540. The Kier molecular flexibility index (Phi) is 7.75. The Labute approximate surface area is 199 Å². The molecule has 1 heterocycles.